The van der Waals surface area contributed by atoms with Crippen LogP contribution in [0.25, 0.3) is 0 Å². The molecular weight excluding hydrogens is 399 g/mol. The molecule has 2 aromatic carbocycles. The molecule has 1 saturated heterocycles. The predicted octanol–water partition coefficient (Wildman–Crippen LogP) is 3.30. The Labute approximate surface area is 172 Å². The second kappa shape index (κ2) is 9.62. The Morgan fingerprint density at radius 3 is 2.40 bits per heavy atom. The first kappa shape index (κ1) is 21.6. The molecule has 6 nitrogen and oxygen atoms in total. The van der Waals surface area contributed by atoms with Gasteiger partial charge in [-0.25, -0.2) is 0 Å². The third-order valence-corrected chi connectivity index (χ3v) is 4.62. The van der Waals surface area contributed by atoms with Crippen molar-refractivity contribution < 1.29 is 27.5 Å². The van der Waals surface area contributed by atoms with Gasteiger partial charge in [0.2, 0.25) is 5.91 Å². The van der Waals surface area contributed by atoms with E-state index in [0.29, 0.717) is 37.6 Å². The number of nitrogens with one attached hydrogen (secondary N) is 2. The molecule has 1 heterocycles. The monoisotopic (exact) mass is 421 g/mol. The number of benzene rings is 2. The topological polar surface area (TPSA) is 70.7 Å². The zero-order chi connectivity index (χ0) is 21.6. The quantitative estimate of drug-likeness (QED) is 0.751. The van der Waals surface area contributed by atoms with Gasteiger partial charge in [-0.2, -0.15) is 13.2 Å². The predicted molar refractivity (Wildman–Crippen MR) is 106 cm³/mol. The standard InChI is InChI=1S/C21H22F3N3O3/c22-21(23,24)16-6-7-18(27-10-12-30-13-11-27)17(14-16)26-19(28)8-9-25-20(29)15-4-2-1-3-5-15/h1-7,14H,8-13H2,(H,25,29)(H,26,28). The number of amides is 2. The summed E-state index contributed by atoms with van der Waals surface area (Å²) in [5, 5.41) is 5.18. The highest BCUT2D eigenvalue weighted by molar-refractivity contribution is 5.96. The number of alkyl halides is 3. The third-order valence-electron chi connectivity index (χ3n) is 4.62. The molecule has 0 spiro atoms. The lowest BCUT2D eigenvalue weighted by Crippen LogP contribution is -2.37. The summed E-state index contributed by atoms with van der Waals surface area (Å²) < 4.78 is 44.7. The third kappa shape index (κ3) is 5.73. The Bertz CT molecular complexity index is 882. The number of ether oxygens (including phenoxy) is 1. The molecule has 2 N–H and O–H groups in total. The molecule has 160 valence electrons. The van der Waals surface area contributed by atoms with Gasteiger partial charge in [-0.05, 0) is 30.3 Å². The SMILES string of the molecule is O=C(CCNC(=O)c1ccccc1)Nc1cc(C(F)(F)F)ccc1N1CCOCC1. The molecule has 1 aliphatic rings. The van der Waals surface area contributed by atoms with Crippen molar-refractivity contribution in [2.75, 3.05) is 43.1 Å². The minimum absolute atomic E-state index is 0.0609. The summed E-state index contributed by atoms with van der Waals surface area (Å²) in [6, 6.07) is 11.8. The molecule has 2 aromatic rings. The normalized spacial score (nSPS) is 14.3. The fourth-order valence-corrected chi connectivity index (χ4v) is 3.09. The summed E-state index contributed by atoms with van der Waals surface area (Å²) in [7, 11) is 0. The molecule has 9 heteroatoms. The average molecular weight is 421 g/mol. The van der Waals surface area contributed by atoms with E-state index < -0.39 is 17.6 Å². The number of nitrogens with zero attached hydrogens (tertiary/aromatic N) is 1. The molecule has 0 unspecified atom stereocenters. The van der Waals surface area contributed by atoms with E-state index in [1.165, 1.54) is 6.07 Å². The number of rotatable bonds is 6. The van der Waals surface area contributed by atoms with E-state index in [9.17, 15) is 22.8 Å². The van der Waals surface area contributed by atoms with Gasteiger partial charge < -0.3 is 20.3 Å². The second-order valence-corrected chi connectivity index (χ2v) is 6.75. The lowest BCUT2D eigenvalue weighted by Gasteiger charge is -2.31. The molecule has 0 saturated carbocycles. The number of anilines is 2. The van der Waals surface area contributed by atoms with Crippen molar-refractivity contribution >= 4 is 23.2 Å². The van der Waals surface area contributed by atoms with Gasteiger partial charge in [0.25, 0.3) is 5.91 Å². The number of hydrogen-bond acceptors (Lipinski definition) is 4. The van der Waals surface area contributed by atoms with Crippen LogP contribution in [0, 0.1) is 0 Å². The van der Waals surface area contributed by atoms with Gasteiger partial charge in [-0.1, -0.05) is 18.2 Å². The smallest absolute Gasteiger partial charge is 0.378 e. The van der Waals surface area contributed by atoms with E-state index in [0.717, 1.165) is 12.1 Å². The zero-order valence-electron chi connectivity index (χ0n) is 16.2. The summed E-state index contributed by atoms with van der Waals surface area (Å²) in [6.07, 6.45) is -4.59. The van der Waals surface area contributed by atoms with Crippen LogP contribution in [0.2, 0.25) is 0 Å². The Morgan fingerprint density at radius 1 is 1.03 bits per heavy atom. The van der Waals surface area contributed by atoms with E-state index in [1.807, 2.05) is 4.90 Å². The minimum Gasteiger partial charge on any atom is -0.378 e. The fraction of sp³-hybridized carbons (Fsp3) is 0.333. The number of halogens is 3. The summed E-state index contributed by atoms with van der Waals surface area (Å²) in [5.41, 5.74) is 0.219. The van der Waals surface area contributed by atoms with Gasteiger partial charge in [0.05, 0.1) is 30.2 Å². The van der Waals surface area contributed by atoms with Gasteiger partial charge in [0.1, 0.15) is 0 Å². The van der Waals surface area contributed by atoms with Crippen molar-refractivity contribution in [1.29, 1.82) is 0 Å². The number of carbonyl (C=O) groups excluding carboxylic acids is 2. The van der Waals surface area contributed by atoms with Crippen molar-refractivity contribution in [2.45, 2.75) is 12.6 Å². The molecule has 0 aliphatic carbocycles. The molecule has 0 bridgehead atoms. The first-order valence-corrected chi connectivity index (χ1v) is 9.51. The van der Waals surface area contributed by atoms with Crippen LogP contribution >= 0.6 is 0 Å². The zero-order valence-corrected chi connectivity index (χ0v) is 16.2. The molecule has 3 rings (SSSR count). The van der Waals surface area contributed by atoms with Crippen LogP contribution in [0.3, 0.4) is 0 Å². The minimum atomic E-state index is -4.52. The Balaban J connectivity index is 1.65. The van der Waals surface area contributed by atoms with Crippen LogP contribution in [0.15, 0.2) is 48.5 Å². The van der Waals surface area contributed by atoms with Gasteiger partial charge >= 0.3 is 6.18 Å². The number of hydrogen-bond donors (Lipinski definition) is 2. The van der Waals surface area contributed by atoms with Gasteiger partial charge in [-0.15, -0.1) is 0 Å². The van der Waals surface area contributed by atoms with Crippen molar-refractivity contribution in [2.24, 2.45) is 0 Å². The van der Waals surface area contributed by atoms with Crippen LogP contribution in [-0.2, 0) is 15.7 Å². The summed E-state index contributed by atoms with van der Waals surface area (Å²) >= 11 is 0. The molecule has 1 aliphatic heterocycles. The highest BCUT2D eigenvalue weighted by atomic mass is 19.4. The van der Waals surface area contributed by atoms with E-state index in [4.69, 9.17) is 4.74 Å². The van der Waals surface area contributed by atoms with Crippen molar-refractivity contribution in [3.8, 4) is 0 Å². The Hall–Kier alpha value is -3.07. The maximum absolute atomic E-state index is 13.1. The fourth-order valence-electron chi connectivity index (χ4n) is 3.09. The van der Waals surface area contributed by atoms with Gasteiger partial charge in [-0.3, -0.25) is 9.59 Å². The van der Waals surface area contributed by atoms with Crippen LogP contribution in [-0.4, -0.2) is 44.7 Å². The molecule has 1 fully saturated rings. The van der Waals surface area contributed by atoms with E-state index >= 15 is 0 Å². The van der Waals surface area contributed by atoms with Crippen LogP contribution in [0.4, 0.5) is 24.5 Å². The van der Waals surface area contributed by atoms with Gasteiger partial charge in [0.15, 0.2) is 0 Å². The van der Waals surface area contributed by atoms with Crippen LogP contribution in [0.5, 0.6) is 0 Å². The highest BCUT2D eigenvalue weighted by Crippen LogP contribution is 2.35. The summed E-state index contributed by atoms with van der Waals surface area (Å²) in [4.78, 5) is 26.2. The molecule has 30 heavy (non-hydrogen) atoms. The first-order valence-electron chi connectivity index (χ1n) is 9.51. The molecule has 0 aromatic heterocycles. The molecule has 0 atom stereocenters. The van der Waals surface area contributed by atoms with Gasteiger partial charge in [0, 0.05) is 31.6 Å². The Morgan fingerprint density at radius 2 is 1.73 bits per heavy atom. The largest absolute Gasteiger partial charge is 0.416 e. The van der Waals surface area contributed by atoms with Crippen molar-refractivity contribution in [3.05, 3.63) is 59.7 Å². The molecule has 2 amide bonds. The lowest BCUT2D eigenvalue weighted by molar-refractivity contribution is -0.137. The van der Waals surface area contributed by atoms with E-state index in [2.05, 4.69) is 10.6 Å². The highest BCUT2D eigenvalue weighted by Gasteiger charge is 2.31. The first-order chi connectivity index (χ1) is 14.3. The lowest BCUT2D eigenvalue weighted by atomic mass is 10.1. The second-order valence-electron chi connectivity index (χ2n) is 6.75. The summed E-state index contributed by atoms with van der Waals surface area (Å²) in [5.74, 6) is -0.811. The number of morpholine rings is 1. The maximum Gasteiger partial charge on any atom is 0.416 e. The van der Waals surface area contributed by atoms with Crippen molar-refractivity contribution in [3.63, 3.8) is 0 Å². The molecule has 0 radical (unpaired) electrons. The van der Waals surface area contributed by atoms with Crippen LogP contribution in [0.1, 0.15) is 22.3 Å². The Kier molecular flexibility index (Phi) is 6.94. The van der Waals surface area contributed by atoms with E-state index in [-0.39, 0.29) is 24.6 Å². The average Bonchev–Trinajstić information content (AvgIpc) is 2.74. The summed E-state index contributed by atoms with van der Waals surface area (Å²) in [6.45, 7) is 2.01. The van der Waals surface area contributed by atoms with E-state index in [1.54, 1.807) is 30.3 Å². The van der Waals surface area contributed by atoms with Crippen molar-refractivity contribution in [1.82, 2.24) is 5.32 Å². The van der Waals surface area contributed by atoms with Crippen LogP contribution < -0.4 is 15.5 Å². The number of carbonyl (C=O) groups is 2. The maximum atomic E-state index is 13.1. The molecular formula is C21H22F3N3O3.